The lowest BCUT2D eigenvalue weighted by molar-refractivity contribution is 0.177. The minimum Gasteiger partial charge on any atom is -0.480 e. The minimum absolute atomic E-state index is 0.223. The van der Waals surface area contributed by atoms with Gasteiger partial charge in [0, 0.05) is 17.8 Å². The van der Waals surface area contributed by atoms with E-state index < -0.39 is 0 Å². The molecule has 2 aromatic rings. The second kappa shape index (κ2) is 6.21. The first kappa shape index (κ1) is 14.6. The molecule has 1 aliphatic heterocycles. The Balaban J connectivity index is 1.93. The van der Waals surface area contributed by atoms with E-state index in [2.05, 4.69) is 25.9 Å². The Morgan fingerprint density at radius 1 is 1.52 bits per heavy atom. The van der Waals surface area contributed by atoms with Crippen LogP contribution in [-0.4, -0.2) is 22.8 Å². The molecule has 5 nitrogen and oxygen atoms in total. The van der Waals surface area contributed by atoms with Crippen LogP contribution in [0.25, 0.3) is 0 Å². The maximum absolute atomic E-state index is 12.0. The Labute approximate surface area is 134 Å². The molecule has 1 aromatic heterocycles. The first-order valence-corrected chi connectivity index (χ1v) is 8.13. The molecule has 0 aliphatic carbocycles. The van der Waals surface area contributed by atoms with E-state index in [0.29, 0.717) is 21.7 Å². The molecule has 110 valence electrons. The maximum atomic E-state index is 12.0. The van der Waals surface area contributed by atoms with Gasteiger partial charge in [-0.1, -0.05) is 12.1 Å². The van der Waals surface area contributed by atoms with E-state index in [1.165, 1.54) is 0 Å². The Hall–Kier alpha value is -1.31. The molecule has 2 heterocycles. The van der Waals surface area contributed by atoms with Gasteiger partial charge in [-0.05, 0) is 28.1 Å². The van der Waals surface area contributed by atoms with Crippen molar-refractivity contribution in [2.45, 2.75) is 17.6 Å². The van der Waals surface area contributed by atoms with E-state index in [0.717, 1.165) is 10.6 Å². The van der Waals surface area contributed by atoms with Crippen LogP contribution in [0, 0.1) is 0 Å². The molecular formula is C14H13BrN2O3S. The highest BCUT2D eigenvalue weighted by molar-refractivity contribution is 9.10. The van der Waals surface area contributed by atoms with E-state index in [4.69, 9.17) is 9.47 Å². The van der Waals surface area contributed by atoms with Crippen LogP contribution in [0.2, 0.25) is 0 Å². The molecule has 0 fully saturated rings. The number of nitrogens with zero attached hydrogens (tertiary/aromatic N) is 1. The standard InChI is InChI=1S/C14H13BrN2O3S/c1-19-6-8-12(15)14(18)17-13(16-8)10-7-21-11-5-3-2-4-9(11)20-10/h2-5,10H,6-7H2,1H3,(H,16,17,18). The fourth-order valence-electron chi connectivity index (χ4n) is 2.06. The summed E-state index contributed by atoms with van der Waals surface area (Å²) in [5.41, 5.74) is 0.350. The first-order chi connectivity index (χ1) is 10.2. The molecule has 7 heteroatoms. The molecule has 0 bridgehead atoms. The Kier molecular flexibility index (Phi) is 4.32. The summed E-state index contributed by atoms with van der Waals surface area (Å²) < 4.78 is 11.4. The summed E-state index contributed by atoms with van der Waals surface area (Å²) in [6.07, 6.45) is -0.277. The van der Waals surface area contributed by atoms with Crippen molar-refractivity contribution in [3.05, 3.63) is 50.6 Å². The summed E-state index contributed by atoms with van der Waals surface area (Å²) in [7, 11) is 1.57. The lowest BCUT2D eigenvalue weighted by Crippen LogP contribution is -2.23. The topological polar surface area (TPSA) is 64.2 Å². The van der Waals surface area contributed by atoms with Gasteiger partial charge in [-0.25, -0.2) is 4.98 Å². The molecule has 1 atom stereocenters. The van der Waals surface area contributed by atoms with Gasteiger partial charge in [0.05, 0.1) is 12.3 Å². The third-order valence-corrected chi connectivity index (χ3v) is 4.98. The second-order valence-corrected chi connectivity index (χ2v) is 6.36. The van der Waals surface area contributed by atoms with Crippen molar-refractivity contribution in [1.29, 1.82) is 0 Å². The van der Waals surface area contributed by atoms with Crippen LogP contribution in [0.1, 0.15) is 17.6 Å². The van der Waals surface area contributed by atoms with Crippen LogP contribution in [0.5, 0.6) is 5.75 Å². The zero-order chi connectivity index (χ0) is 14.8. The van der Waals surface area contributed by atoms with Crippen molar-refractivity contribution in [3.63, 3.8) is 0 Å². The lowest BCUT2D eigenvalue weighted by Gasteiger charge is -2.25. The van der Waals surface area contributed by atoms with Crippen LogP contribution in [0.3, 0.4) is 0 Å². The number of halogens is 1. The number of hydrogen-bond donors (Lipinski definition) is 1. The summed E-state index contributed by atoms with van der Waals surface area (Å²) >= 11 is 4.92. The molecule has 3 rings (SSSR count). The van der Waals surface area contributed by atoms with Crippen molar-refractivity contribution in [2.24, 2.45) is 0 Å². The van der Waals surface area contributed by atoms with E-state index in [-0.39, 0.29) is 18.3 Å². The van der Waals surface area contributed by atoms with E-state index >= 15 is 0 Å². The molecule has 1 N–H and O–H groups in total. The van der Waals surface area contributed by atoms with Crippen molar-refractivity contribution < 1.29 is 9.47 Å². The molecule has 1 aliphatic rings. The Morgan fingerprint density at radius 3 is 3.14 bits per heavy atom. The number of rotatable bonds is 3. The largest absolute Gasteiger partial charge is 0.480 e. The van der Waals surface area contributed by atoms with Gasteiger partial charge in [-0.3, -0.25) is 4.79 Å². The Bertz CT molecular complexity index is 720. The van der Waals surface area contributed by atoms with Crippen LogP contribution in [0.4, 0.5) is 0 Å². The SMILES string of the molecule is COCc1nc(C2CSc3ccccc3O2)[nH]c(=O)c1Br. The number of benzene rings is 1. The van der Waals surface area contributed by atoms with Gasteiger partial charge in [-0.2, -0.15) is 0 Å². The van der Waals surface area contributed by atoms with Gasteiger partial charge in [0.25, 0.3) is 5.56 Å². The number of methoxy groups -OCH3 is 1. The number of aromatic amines is 1. The van der Waals surface area contributed by atoms with Crippen molar-refractivity contribution in [2.75, 3.05) is 12.9 Å². The minimum atomic E-state index is -0.277. The molecule has 1 aromatic carbocycles. The molecule has 1 unspecified atom stereocenters. The number of nitrogens with one attached hydrogen (secondary N) is 1. The lowest BCUT2D eigenvalue weighted by atomic mass is 10.3. The van der Waals surface area contributed by atoms with Crippen LogP contribution < -0.4 is 10.3 Å². The highest BCUT2D eigenvalue weighted by Gasteiger charge is 2.24. The third-order valence-electron chi connectivity index (χ3n) is 3.04. The number of H-pyrrole nitrogens is 1. The Morgan fingerprint density at radius 2 is 2.33 bits per heavy atom. The summed E-state index contributed by atoms with van der Waals surface area (Å²) in [6.45, 7) is 0.272. The van der Waals surface area contributed by atoms with E-state index in [1.807, 2.05) is 24.3 Å². The van der Waals surface area contributed by atoms with Crippen LogP contribution >= 0.6 is 27.7 Å². The molecule has 0 radical (unpaired) electrons. The fourth-order valence-corrected chi connectivity index (χ4v) is 3.36. The zero-order valence-electron chi connectivity index (χ0n) is 11.3. The number of para-hydroxylation sites is 1. The predicted molar refractivity (Wildman–Crippen MR) is 83.8 cm³/mol. The molecule has 0 saturated carbocycles. The van der Waals surface area contributed by atoms with E-state index in [1.54, 1.807) is 18.9 Å². The number of thioether (sulfide) groups is 1. The number of aromatic nitrogens is 2. The monoisotopic (exact) mass is 368 g/mol. The summed E-state index contributed by atoms with van der Waals surface area (Å²) in [4.78, 5) is 20.3. The summed E-state index contributed by atoms with van der Waals surface area (Å²) in [5.74, 6) is 2.04. The van der Waals surface area contributed by atoms with Gasteiger partial charge in [-0.15, -0.1) is 11.8 Å². The molecule has 0 amide bonds. The number of fused-ring (bicyclic) bond motifs is 1. The van der Waals surface area contributed by atoms with Crippen molar-refractivity contribution in [3.8, 4) is 5.75 Å². The summed E-state index contributed by atoms with van der Waals surface area (Å²) in [5, 5.41) is 0. The van der Waals surface area contributed by atoms with Crippen molar-refractivity contribution >= 4 is 27.7 Å². The maximum Gasteiger partial charge on any atom is 0.265 e. The fraction of sp³-hybridized carbons (Fsp3) is 0.286. The number of ether oxygens (including phenoxy) is 2. The van der Waals surface area contributed by atoms with Crippen LogP contribution in [0.15, 0.2) is 38.4 Å². The van der Waals surface area contributed by atoms with Gasteiger partial charge >= 0.3 is 0 Å². The highest BCUT2D eigenvalue weighted by Crippen LogP contribution is 2.39. The third kappa shape index (κ3) is 3.00. The van der Waals surface area contributed by atoms with Gasteiger partial charge in [0.15, 0.2) is 11.9 Å². The summed E-state index contributed by atoms with van der Waals surface area (Å²) in [6, 6.07) is 7.84. The van der Waals surface area contributed by atoms with Crippen LogP contribution in [-0.2, 0) is 11.3 Å². The second-order valence-electron chi connectivity index (χ2n) is 4.51. The molecular weight excluding hydrogens is 356 g/mol. The van der Waals surface area contributed by atoms with E-state index in [9.17, 15) is 4.79 Å². The predicted octanol–water partition coefficient (Wildman–Crippen LogP) is 2.90. The van der Waals surface area contributed by atoms with Crippen molar-refractivity contribution in [1.82, 2.24) is 9.97 Å². The number of hydrogen-bond acceptors (Lipinski definition) is 5. The quantitative estimate of drug-likeness (QED) is 0.902. The average molecular weight is 369 g/mol. The van der Waals surface area contributed by atoms with Gasteiger partial charge in [0.1, 0.15) is 10.2 Å². The highest BCUT2D eigenvalue weighted by atomic mass is 79.9. The average Bonchev–Trinajstić information content (AvgIpc) is 2.51. The van der Waals surface area contributed by atoms with Gasteiger partial charge in [0.2, 0.25) is 0 Å². The molecule has 0 spiro atoms. The van der Waals surface area contributed by atoms with Gasteiger partial charge < -0.3 is 14.5 Å². The molecule has 21 heavy (non-hydrogen) atoms. The smallest absolute Gasteiger partial charge is 0.265 e. The first-order valence-electron chi connectivity index (χ1n) is 6.35. The normalized spacial score (nSPS) is 17.1. The zero-order valence-corrected chi connectivity index (χ0v) is 13.7. The molecule has 0 saturated heterocycles.